The highest BCUT2D eigenvalue weighted by atomic mass is 32.1. The summed E-state index contributed by atoms with van der Waals surface area (Å²) in [6.07, 6.45) is 1.86. The molecule has 0 aliphatic rings. The summed E-state index contributed by atoms with van der Waals surface area (Å²) in [7, 11) is 0. The Bertz CT molecular complexity index is 1090. The fraction of sp³-hybridized carbons (Fsp3) is 0.0435. The van der Waals surface area contributed by atoms with E-state index in [9.17, 15) is 5.26 Å². The Balaban J connectivity index is 1.51. The van der Waals surface area contributed by atoms with E-state index in [0.29, 0.717) is 12.2 Å². The number of nitrogens with zero attached hydrogens (tertiary/aromatic N) is 2. The number of nitriles is 1. The zero-order valence-corrected chi connectivity index (χ0v) is 15.3. The van der Waals surface area contributed by atoms with Gasteiger partial charge in [-0.25, -0.2) is 4.98 Å². The largest absolute Gasteiger partial charge is 0.489 e. The molecular weight excluding hydrogens is 352 g/mol. The summed E-state index contributed by atoms with van der Waals surface area (Å²) in [5.41, 5.74) is 3.56. The third kappa shape index (κ3) is 4.05. The van der Waals surface area contributed by atoms with Gasteiger partial charge in [0.15, 0.2) is 0 Å². The van der Waals surface area contributed by atoms with Crippen molar-refractivity contribution in [1.29, 1.82) is 5.26 Å². The number of thiazole rings is 1. The number of benzene rings is 3. The molecule has 0 bridgehead atoms. The predicted molar refractivity (Wildman–Crippen MR) is 110 cm³/mol. The van der Waals surface area contributed by atoms with E-state index in [-0.39, 0.29) is 0 Å². The molecule has 0 N–H and O–H groups in total. The van der Waals surface area contributed by atoms with Crippen molar-refractivity contribution in [3.63, 3.8) is 0 Å². The van der Waals surface area contributed by atoms with Crippen molar-refractivity contribution in [3.8, 4) is 11.8 Å². The van der Waals surface area contributed by atoms with Gasteiger partial charge in [-0.1, -0.05) is 54.6 Å². The minimum Gasteiger partial charge on any atom is -0.489 e. The van der Waals surface area contributed by atoms with Crippen LogP contribution in [-0.4, -0.2) is 4.98 Å². The van der Waals surface area contributed by atoms with Gasteiger partial charge < -0.3 is 4.74 Å². The Kier molecular flexibility index (Phi) is 4.95. The van der Waals surface area contributed by atoms with Gasteiger partial charge in [-0.05, 0) is 41.5 Å². The Morgan fingerprint density at radius 1 is 0.963 bits per heavy atom. The summed E-state index contributed by atoms with van der Waals surface area (Å²) in [5, 5.41) is 10.3. The second-order valence-electron chi connectivity index (χ2n) is 6.00. The quantitative estimate of drug-likeness (QED) is 0.410. The third-order valence-corrected chi connectivity index (χ3v) is 5.15. The van der Waals surface area contributed by atoms with Gasteiger partial charge >= 0.3 is 0 Å². The van der Waals surface area contributed by atoms with E-state index in [1.54, 1.807) is 0 Å². The molecule has 27 heavy (non-hydrogen) atoms. The van der Waals surface area contributed by atoms with Crippen molar-refractivity contribution in [2.45, 2.75) is 6.61 Å². The summed E-state index contributed by atoms with van der Waals surface area (Å²) in [5.74, 6) is 0.800. The van der Waals surface area contributed by atoms with Crippen molar-refractivity contribution < 1.29 is 4.74 Å². The van der Waals surface area contributed by atoms with Crippen LogP contribution in [0.15, 0.2) is 78.9 Å². The maximum Gasteiger partial charge on any atom is 0.135 e. The molecule has 1 heterocycles. The minimum atomic E-state index is 0.533. The maximum absolute atomic E-state index is 9.55. The molecule has 0 saturated heterocycles. The lowest BCUT2D eigenvalue weighted by Gasteiger charge is -2.06. The van der Waals surface area contributed by atoms with Crippen LogP contribution in [-0.2, 0) is 6.61 Å². The number of para-hydroxylation sites is 1. The van der Waals surface area contributed by atoms with Crippen molar-refractivity contribution in [2.75, 3.05) is 0 Å². The van der Waals surface area contributed by atoms with Crippen LogP contribution < -0.4 is 4.74 Å². The van der Waals surface area contributed by atoms with Crippen molar-refractivity contribution in [3.05, 3.63) is 95.0 Å². The Morgan fingerprint density at radius 3 is 2.44 bits per heavy atom. The van der Waals surface area contributed by atoms with Crippen LogP contribution in [0.5, 0.6) is 5.75 Å². The molecule has 0 aliphatic carbocycles. The molecular formula is C23H16N2OS. The van der Waals surface area contributed by atoms with Gasteiger partial charge in [0.25, 0.3) is 0 Å². The fourth-order valence-electron chi connectivity index (χ4n) is 2.70. The molecule has 0 spiro atoms. The molecule has 0 unspecified atom stereocenters. The maximum atomic E-state index is 9.55. The van der Waals surface area contributed by atoms with E-state index in [2.05, 4.69) is 11.1 Å². The molecule has 0 aliphatic heterocycles. The molecule has 0 saturated carbocycles. The average Bonchev–Trinajstić information content (AvgIpc) is 3.16. The number of aromatic nitrogens is 1. The topological polar surface area (TPSA) is 45.9 Å². The second-order valence-corrected chi connectivity index (χ2v) is 7.03. The van der Waals surface area contributed by atoms with E-state index in [4.69, 9.17) is 4.74 Å². The van der Waals surface area contributed by atoms with Crippen molar-refractivity contribution in [1.82, 2.24) is 4.98 Å². The molecule has 0 radical (unpaired) electrons. The smallest absolute Gasteiger partial charge is 0.135 e. The van der Waals surface area contributed by atoms with Crippen LogP contribution >= 0.6 is 11.3 Å². The zero-order chi connectivity index (χ0) is 18.5. The molecule has 0 fully saturated rings. The van der Waals surface area contributed by atoms with Gasteiger partial charge in [-0.15, -0.1) is 11.3 Å². The normalized spacial score (nSPS) is 11.3. The molecule has 4 heteroatoms. The lowest BCUT2D eigenvalue weighted by atomic mass is 10.1. The molecule has 4 aromatic rings. The Morgan fingerprint density at radius 2 is 1.70 bits per heavy atom. The number of allylic oxidation sites excluding steroid dienone is 1. The van der Waals surface area contributed by atoms with E-state index in [1.165, 1.54) is 11.3 Å². The standard InChI is InChI=1S/C23H16N2OS/c24-15-19(23-25-21-8-4-5-9-22(21)27-23)14-17-10-12-20(13-11-17)26-16-18-6-2-1-3-7-18/h1-14H,16H2/b19-14-. The molecule has 0 amide bonds. The minimum absolute atomic E-state index is 0.533. The Hall–Kier alpha value is -3.42. The number of hydrogen-bond acceptors (Lipinski definition) is 4. The van der Waals surface area contributed by atoms with Crippen LogP contribution in [0.2, 0.25) is 0 Å². The molecule has 130 valence electrons. The van der Waals surface area contributed by atoms with Crippen molar-refractivity contribution >= 4 is 33.2 Å². The summed E-state index contributed by atoms with van der Waals surface area (Å²) in [4.78, 5) is 4.56. The van der Waals surface area contributed by atoms with Gasteiger partial charge in [0.2, 0.25) is 0 Å². The van der Waals surface area contributed by atoms with Gasteiger partial charge in [-0.2, -0.15) is 5.26 Å². The van der Waals surface area contributed by atoms with Crippen LogP contribution in [0.4, 0.5) is 0 Å². The van der Waals surface area contributed by atoms with Gasteiger partial charge in [-0.3, -0.25) is 0 Å². The molecule has 0 atom stereocenters. The van der Waals surface area contributed by atoms with Gasteiger partial charge in [0, 0.05) is 0 Å². The predicted octanol–water partition coefficient (Wildman–Crippen LogP) is 5.94. The Labute approximate surface area is 161 Å². The van der Waals surface area contributed by atoms with E-state index in [1.807, 2.05) is 84.9 Å². The number of fused-ring (bicyclic) bond motifs is 1. The van der Waals surface area contributed by atoms with Crippen LogP contribution in [0.3, 0.4) is 0 Å². The van der Waals surface area contributed by atoms with Crippen LogP contribution in [0.1, 0.15) is 16.1 Å². The highest BCUT2D eigenvalue weighted by Crippen LogP contribution is 2.28. The summed E-state index contributed by atoms with van der Waals surface area (Å²) in [6, 6.07) is 28.0. The first-order valence-corrected chi connectivity index (χ1v) is 9.38. The fourth-order valence-corrected chi connectivity index (χ4v) is 3.63. The lowest BCUT2D eigenvalue weighted by Crippen LogP contribution is -1.94. The number of hydrogen-bond donors (Lipinski definition) is 0. The van der Waals surface area contributed by atoms with Gasteiger partial charge in [0.1, 0.15) is 23.4 Å². The first-order chi connectivity index (χ1) is 13.3. The average molecular weight is 368 g/mol. The molecule has 3 aromatic carbocycles. The van der Waals surface area contributed by atoms with Crippen molar-refractivity contribution in [2.24, 2.45) is 0 Å². The van der Waals surface area contributed by atoms with Gasteiger partial charge in [0.05, 0.1) is 15.8 Å². The number of rotatable bonds is 5. The SMILES string of the molecule is N#C/C(=C/c1ccc(OCc2ccccc2)cc1)c1nc2ccccc2s1. The van der Waals surface area contributed by atoms with E-state index in [0.717, 1.165) is 32.1 Å². The lowest BCUT2D eigenvalue weighted by molar-refractivity contribution is 0.306. The van der Waals surface area contributed by atoms with Crippen LogP contribution in [0, 0.1) is 11.3 Å². The highest BCUT2D eigenvalue weighted by Gasteiger charge is 2.08. The monoisotopic (exact) mass is 368 g/mol. The third-order valence-electron chi connectivity index (χ3n) is 4.08. The first-order valence-electron chi connectivity index (χ1n) is 8.56. The zero-order valence-electron chi connectivity index (χ0n) is 14.5. The summed E-state index contributed by atoms with van der Waals surface area (Å²) >= 11 is 1.53. The van der Waals surface area contributed by atoms with E-state index < -0.39 is 0 Å². The first kappa shape index (κ1) is 17.0. The number of ether oxygens (including phenoxy) is 1. The molecule has 4 rings (SSSR count). The van der Waals surface area contributed by atoms with Crippen LogP contribution in [0.25, 0.3) is 21.9 Å². The molecule has 3 nitrogen and oxygen atoms in total. The highest BCUT2D eigenvalue weighted by molar-refractivity contribution is 7.19. The van der Waals surface area contributed by atoms with E-state index >= 15 is 0 Å². The molecule has 1 aromatic heterocycles. The summed E-state index contributed by atoms with van der Waals surface area (Å²) < 4.78 is 6.89. The summed E-state index contributed by atoms with van der Waals surface area (Å²) in [6.45, 7) is 0.533. The second kappa shape index (κ2) is 7.86.